The Labute approximate surface area is 114 Å². The topological polar surface area (TPSA) is 63.2 Å². The minimum Gasteiger partial charge on any atom is -0.378 e. The van der Waals surface area contributed by atoms with Gasteiger partial charge in [-0.2, -0.15) is 15.0 Å². The van der Waals surface area contributed by atoms with Crippen LogP contribution in [0.5, 0.6) is 0 Å². The molecule has 1 fully saturated rings. The van der Waals surface area contributed by atoms with Crippen molar-refractivity contribution in [2.24, 2.45) is 0 Å². The maximum Gasteiger partial charge on any atom is 0.230 e. The number of morpholine rings is 1. The van der Waals surface area contributed by atoms with Crippen molar-refractivity contribution in [3.63, 3.8) is 0 Å². The molecule has 0 aromatic carbocycles. The minimum absolute atomic E-state index is 0.296. The van der Waals surface area contributed by atoms with Gasteiger partial charge >= 0.3 is 0 Å². The quantitative estimate of drug-likeness (QED) is 0.873. The number of nitrogens with one attached hydrogen (secondary N) is 1. The standard InChI is InChI=1S/C13H23N5O/c1-4-5-14-12-15-11(10(2)3)16-13(17-12)18-6-8-19-9-7-18/h10H,4-9H2,1-3H3,(H,14,15,16,17). The Hall–Kier alpha value is -1.43. The lowest BCUT2D eigenvalue weighted by atomic mass is 10.2. The summed E-state index contributed by atoms with van der Waals surface area (Å²) >= 11 is 0. The van der Waals surface area contributed by atoms with Crippen molar-refractivity contribution in [3.05, 3.63) is 5.82 Å². The first-order chi connectivity index (χ1) is 9.20. The first kappa shape index (κ1) is 14.0. The monoisotopic (exact) mass is 265 g/mol. The highest BCUT2D eigenvalue weighted by atomic mass is 16.5. The lowest BCUT2D eigenvalue weighted by Crippen LogP contribution is -2.37. The van der Waals surface area contributed by atoms with E-state index in [1.807, 2.05) is 0 Å². The van der Waals surface area contributed by atoms with Gasteiger partial charge in [0.05, 0.1) is 13.2 Å². The summed E-state index contributed by atoms with van der Waals surface area (Å²) in [6.45, 7) is 10.4. The van der Waals surface area contributed by atoms with Gasteiger partial charge in [0.1, 0.15) is 5.82 Å². The molecular formula is C13H23N5O. The van der Waals surface area contributed by atoms with Gasteiger partial charge in [0.15, 0.2) is 0 Å². The highest BCUT2D eigenvalue weighted by Gasteiger charge is 2.17. The van der Waals surface area contributed by atoms with Crippen LogP contribution < -0.4 is 10.2 Å². The Bertz CT molecular complexity index is 404. The van der Waals surface area contributed by atoms with Gasteiger partial charge in [0.25, 0.3) is 0 Å². The van der Waals surface area contributed by atoms with E-state index in [0.29, 0.717) is 11.9 Å². The van der Waals surface area contributed by atoms with Crippen molar-refractivity contribution in [1.29, 1.82) is 0 Å². The summed E-state index contributed by atoms with van der Waals surface area (Å²) in [5.74, 6) is 2.59. The van der Waals surface area contributed by atoms with E-state index in [-0.39, 0.29) is 0 Å². The third-order valence-electron chi connectivity index (χ3n) is 2.98. The van der Waals surface area contributed by atoms with Crippen LogP contribution in [0.4, 0.5) is 11.9 Å². The predicted octanol–water partition coefficient (Wildman–Crippen LogP) is 1.65. The molecule has 1 aliphatic heterocycles. The highest BCUT2D eigenvalue weighted by molar-refractivity contribution is 5.37. The Morgan fingerprint density at radius 1 is 1.21 bits per heavy atom. The van der Waals surface area contributed by atoms with Crippen molar-refractivity contribution >= 4 is 11.9 Å². The fourth-order valence-electron chi connectivity index (χ4n) is 1.86. The average Bonchev–Trinajstić information content (AvgIpc) is 2.45. The maximum absolute atomic E-state index is 5.37. The zero-order chi connectivity index (χ0) is 13.7. The predicted molar refractivity (Wildman–Crippen MR) is 75.7 cm³/mol. The molecule has 0 amide bonds. The molecule has 6 nitrogen and oxygen atoms in total. The number of aromatic nitrogens is 3. The van der Waals surface area contributed by atoms with Gasteiger partial charge in [0, 0.05) is 25.6 Å². The third kappa shape index (κ3) is 3.76. The van der Waals surface area contributed by atoms with Gasteiger partial charge in [-0.25, -0.2) is 0 Å². The Morgan fingerprint density at radius 2 is 1.95 bits per heavy atom. The van der Waals surface area contributed by atoms with Crippen LogP contribution in [0.15, 0.2) is 0 Å². The minimum atomic E-state index is 0.296. The van der Waals surface area contributed by atoms with Gasteiger partial charge in [-0.1, -0.05) is 20.8 Å². The number of hydrogen-bond donors (Lipinski definition) is 1. The Kier molecular flexibility index (Phi) is 4.90. The second kappa shape index (κ2) is 6.65. The van der Waals surface area contributed by atoms with E-state index in [4.69, 9.17) is 4.74 Å². The molecule has 106 valence electrons. The van der Waals surface area contributed by atoms with Crippen molar-refractivity contribution in [1.82, 2.24) is 15.0 Å². The summed E-state index contributed by atoms with van der Waals surface area (Å²) in [7, 11) is 0. The van der Waals surface area contributed by atoms with E-state index in [9.17, 15) is 0 Å². The van der Waals surface area contributed by atoms with Crippen LogP contribution in [0.3, 0.4) is 0 Å². The number of ether oxygens (including phenoxy) is 1. The molecule has 0 unspecified atom stereocenters. The molecule has 2 heterocycles. The van der Waals surface area contributed by atoms with Crippen molar-refractivity contribution in [2.45, 2.75) is 33.1 Å². The number of rotatable bonds is 5. The lowest BCUT2D eigenvalue weighted by molar-refractivity contribution is 0.122. The SMILES string of the molecule is CCCNc1nc(C(C)C)nc(N2CCOCC2)n1. The number of nitrogens with zero attached hydrogens (tertiary/aromatic N) is 4. The molecule has 1 saturated heterocycles. The van der Waals surface area contributed by atoms with Crippen LogP contribution in [-0.2, 0) is 4.74 Å². The van der Waals surface area contributed by atoms with E-state index >= 15 is 0 Å². The van der Waals surface area contributed by atoms with E-state index in [1.54, 1.807) is 0 Å². The molecule has 0 spiro atoms. The molecule has 19 heavy (non-hydrogen) atoms. The fraction of sp³-hybridized carbons (Fsp3) is 0.769. The summed E-state index contributed by atoms with van der Waals surface area (Å²) in [6.07, 6.45) is 1.05. The third-order valence-corrected chi connectivity index (χ3v) is 2.98. The zero-order valence-corrected chi connectivity index (χ0v) is 12.0. The molecule has 0 aliphatic carbocycles. The van der Waals surface area contributed by atoms with Crippen molar-refractivity contribution < 1.29 is 4.74 Å². The summed E-state index contributed by atoms with van der Waals surface area (Å²) in [5.41, 5.74) is 0. The number of anilines is 2. The zero-order valence-electron chi connectivity index (χ0n) is 12.0. The van der Waals surface area contributed by atoms with Crippen LogP contribution in [0, 0.1) is 0 Å². The molecule has 0 radical (unpaired) electrons. The molecule has 1 N–H and O–H groups in total. The summed E-state index contributed by atoms with van der Waals surface area (Å²) in [4.78, 5) is 15.7. The number of hydrogen-bond acceptors (Lipinski definition) is 6. The first-order valence-electron chi connectivity index (χ1n) is 7.03. The van der Waals surface area contributed by atoms with E-state index < -0.39 is 0 Å². The molecule has 2 rings (SSSR count). The van der Waals surface area contributed by atoms with Gasteiger partial charge in [0.2, 0.25) is 11.9 Å². The van der Waals surface area contributed by atoms with Crippen LogP contribution in [0.1, 0.15) is 38.9 Å². The smallest absolute Gasteiger partial charge is 0.230 e. The van der Waals surface area contributed by atoms with Gasteiger partial charge < -0.3 is 15.0 Å². The Morgan fingerprint density at radius 3 is 2.58 bits per heavy atom. The Balaban J connectivity index is 2.22. The second-order valence-electron chi connectivity index (χ2n) is 5.00. The van der Waals surface area contributed by atoms with Crippen LogP contribution in [0.25, 0.3) is 0 Å². The average molecular weight is 265 g/mol. The fourth-order valence-corrected chi connectivity index (χ4v) is 1.86. The summed E-state index contributed by atoms with van der Waals surface area (Å²) < 4.78 is 5.37. The molecule has 1 aromatic heterocycles. The van der Waals surface area contributed by atoms with Gasteiger partial charge in [-0.15, -0.1) is 0 Å². The largest absolute Gasteiger partial charge is 0.378 e. The molecule has 0 saturated carbocycles. The molecular weight excluding hydrogens is 242 g/mol. The van der Waals surface area contributed by atoms with Crippen LogP contribution in [-0.4, -0.2) is 47.8 Å². The van der Waals surface area contributed by atoms with E-state index in [2.05, 4.69) is 45.9 Å². The molecule has 0 bridgehead atoms. The van der Waals surface area contributed by atoms with Crippen LogP contribution in [0.2, 0.25) is 0 Å². The molecule has 1 aromatic rings. The van der Waals surface area contributed by atoms with Crippen molar-refractivity contribution in [3.8, 4) is 0 Å². The lowest BCUT2D eigenvalue weighted by Gasteiger charge is -2.27. The van der Waals surface area contributed by atoms with Gasteiger partial charge in [-0.05, 0) is 6.42 Å². The maximum atomic E-state index is 5.37. The van der Waals surface area contributed by atoms with E-state index in [0.717, 1.165) is 51.0 Å². The molecule has 0 atom stereocenters. The second-order valence-corrected chi connectivity index (χ2v) is 5.00. The molecule has 1 aliphatic rings. The summed E-state index contributed by atoms with van der Waals surface area (Å²) in [5, 5.41) is 3.25. The van der Waals surface area contributed by atoms with Crippen LogP contribution >= 0.6 is 0 Å². The van der Waals surface area contributed by atoms with E-state index in [1.165, 1.54) is 0 Å². The first-order valence-corrected chi connectivity index (χ1v) is 7.03. The van der Waals surface area contributed by atoms with Crippen molar-refractivity contribution in [2.75, 3.05) is 43.1 Å². The summed E-state index contributed by atoms with van der Waals surface area (Å²) in [6, 6.07) is 0. The normalized spacial score (nSPS) is 15.9. The molecule has 6 heteroatoms. The van der Waals surface area contributed by atoms with Gasteiger partial charge in [-0.3, -0.25) is 0 Å². The highest BCUT2D eigenvalue weighted by Crippen LogP contribution is 2.17.